The van der Waals surface area contributed by atoms with E-state index in [9.17, 15) is 21.6 Å². The van der Waals surface area contributed by atoms with Crippen molar-refractivity contribution in [3.05, 3.63) is 23.8 Å². The van der Waals surface area contributed by atoms with Crippen LogP contribution in [0.25, 0.3) is 0 Å². The molecule has 1 heterocycles. The van der Waals surface area contributed by atoms with Gasteiger partial charge in [-0.15, -0.1) is 0 Å². The van der Waals surface area contributed by atoms with Gasteiger partial charge in [0.15, 0.2) is 0 Å². The smallest absolute Gasteiger partial charge is 0.369 e. The molecule has 1 aromatic rings. The van der Waals surface area contributed by atoms with Gasteiger partial charge in [0.05, 0.1) is 5.69 Å². The summed E-state index contributed by atoms with van der Waals surface area (Å²) in [7, 11) is -5.39. The Kier molecular flexibility index (Phi) is 4.60. The molecule has 0 saturated carbocycles. The molecule has 0 aromatic heterocycles. The van der Waals surface area contributed by atoms with E-state index in [0.29, 0.717) is 0 Å². The number of halogens is 3. The molecule has 0 amide bonds. The van der Waals surface area contributed by atoms with Gasteiger partial charge in [0.1, 0.15) is 0 Å². The van der Waals surface area contributed by atoms with E-state index >= 15 is 0 Å². The first kappa shape index (κ1) is 16.9. The molecule has 4 nitrogen and oxygen atoms in total. The summed E-state index contributed by atoms with van der Waals surface area (Å²) in [5.74, 6) is 0. The molecule has 1 aromatic carbocycles. The van der Waals surface area contributed by atoms with Gasteiger partial charge in [-0.3, -0.25) is 4.72 Å². The summed E-state index contributed by atoms with van der Waals surface area (Å²) < 4.78 is 61.4. The van der Waals surface area contributed by atoms with Crippen LogP contribution in [0.5, 0.6) is 0 Å². The van der Waals surface area contributed by atoms with E-state index in [-0.39, 0.29) is 11.7 Å². The van der Waals surface area contributed by atoms with Crippen LogP contribution in [0.3, 0.4) is 0 Å². The van der Waals surface area contributed by atoms with Crippen molar-refractivity contribution in [3.63, 3.8) is 0 Å². The fourth-order valence-corrected chi connectivity index (χ4v) is 3.21. The minimum absolute atomic E-state index is 0.0636. The molecule has 0 bridgehead atoms. The molecule has 1 atom stereocenters. The number of alkyl halides is 3. The molecular formula is C14H19F3N2O2S. The lowest BCUT2D eigenvalue weighted by Gasteiger charge is -2.37. The van der Waals surface area contributed by atoms with E-state index in [4.69, 9.17) is 0 Å². The first-order valence-electron chi connectivity index (χ1n) is 7.14. The van der Waals surface area contributed by atoms with E-state index in [1.165, 1.54) is 12.1 Å². The Morgan fingerprint density at radius 3 is 2.64 bits per heavy atom. The van der Waals surface area contributed by atoms with Gasteiger partial charge in [-0.05, 0) is 43.9 Å². The van der Waals surface area contributed by atoms with Crippen molar-refractivity contribution in [2.75, 3.05) is 16.2 Å². The van der Waals surface area contributed by atoms with Crippen LogP contribution in [0.4, 0.5) is 24.5 Å². The number of sulfonamides is 1. The summed E-state index contributed by atoms with van der Waals surface area (Å²) in [6, 6.07) is 4.84. The Balaban J connectivity index is 2.34. The first-order valence-corrected chi connectivity index (χ1v) is 8.62. The number of fused-ring (bicyclic) bond motifs is 1. The lowest BCUT2D eigenvalue weighted by atomic mass is 9.96. The van der Waals surface area contributed by atoms with E-state index < -0.39 is 15.5 Å². The largest absolute Gasteiger partial charge is 0.516 e. The fraction of sp³-hybridized carbons (Fsp3) is 0.571. The van der Waals surface area contributed by atoms with Crippen molar-refractivity contribution in [1.82, 2.24) is 0 Å². The van der Waals surface area contributed by atoms with Gasteiger partial charge in [0.2, 0.25) is 0 Å². The van der Waals surface area contributed by atoms with Crippen molar-refractivity contribution >= 4 is 21.4 Å². The minimum Gasteiger partial charge on any atom is -0.369 e. The first-order chi connectivity index (χ1) is 10.2. The molecule has 0 radical (unpaired) electrons. The van der Waals surface area contributed by atoms with Crippen LogP contribution < -0.4 is 9.62 Å². The van der Waals surface area contributed by atoms with Gasteiger partial charge in [-0.2, -0.15) is 21.6 Å². The second kappa shape index (κ2) is 5.98. The Morgan fingerprint density at radius 1 is 1.36 bits per heavy atom. The average Bonchev–Trinajstić information content (AvgIpc) is 2.40. The molecule has 0 fully saturated rings. The van der Waals surface area contributed by atoms with Gasteiger partial charge in [-0.25, -0.2) is 0 Å². The quantitative estimate of drug-likeness (QED) is 0.915. The molecule has 0 saturated heterocycles. The number of hydrogen-bond donors (Lipinski definition) is 1. The molecule has 124 valence electrons. The third kappa shape index (κ3) is 3.31. The van der Waals surface area contributed by atoms with Crippen LogP contribution in [0, 0.1) is 0 Å². The van der Waals surface area contributed by atoms with Gasteiger partial charge < -0.3 is 4.90 Å². The van der Waals surface area contributed by atoms with Crippen molar-refractivity contribution in [2.45, 2.75) is 44.7 Å². The molecule has 0 aliphatic carbocycles. The molecule has 1 unspecified atom stereocenters. The van der Waals surface area contributed by atoms with Crippen LogP contribution in [-0.4, -0.2) is 26.5 Å². The van der Waals surface area contributed by atoms with E-state index in [0.717, 1.165) is 37.1 Å². The van der Waals surface area contributed by atoms with Crippen molar-refractivity contribution in [2.24, 2.45) is 0 Å². The maximum atomic E-state index is 12.5. The van der Waals surface area contributed by atoms with Gasteiger partial charge in [0.25, 0.3) is 0 Å². The van der Waals surface area contributed by atoms with Gasteiger partial charge in [-0.1, -0.05) is 13.0 Å². The topological polar surface area (TPSA) is 49.4 Å². The Hall–Kier alpha value is -1.44. The zero-order valence-electron chi connectivity index (χ0n) is 12.4. The summed E-state index contributed by atoms with van der Waals surface area (Å²) in [4.78, 5) is 2.12. The Morgan fingerprint density at radius 2 is 2.05 bits per heavy atom. The third-order valence-electron chi connectivity index (χ3n) is 3.78. The molecule has 1 aliphatic rings. The second-order valence-corrected chi connectivity index (χ2v) is 7.15. The fourth-order valence-electron chi connectivity index (χ4n) is 2.66. The number of nitrogens with one attached hydrogen (secondary N) is 1. The van der Waals surface area contributed by atoms with Crippen molar-refractivity contribution in [1.29, 1.82) is 0 Å². The standard InChI is InChI=1S/C14H19F3N2O2S/c1-3-8-19-10(2)4-5-11-6-7-12(9-13(11)19)18-22(20,21)14(15,16)17/h6-7,9-10,18H,3-5,8H2,1-2H3. The van der Waals surface area contributed by atoms with Gasteiger partial charge in [0, 0.05) is 18.3 Å². The van der Waals surface area contributed by atoms with Crippen molar-refractivity contribution in [3.8, 4) is 0 Å². The summed E-state index contributed by atoms with van der Waals surface area (Å²) in [5, 5.41) is 0. The number of anilines is 2. The molecule has 1 aliphatic heterocycles. The highest BCUT2D eigenvalue weighted by Gasteiger charge is 2.46. The Labute approximate surface area is 128 Å². The highest BCUT2D eigenvalue weighted by molar-refractivity contribution is 7.93. The highest BCUT2D eigenvalue weighted by atomic mass is 32.2. The third-order valence-corrected chi connectivity index (χ3v) is 4.89. The number of benzene rings is 1. The normalized spacial score (nSPS) is 19.0. The number of aryl methyl sites for hydroxylation is 1. The summed E-state index contributed by atoms with van der Waals surface area (Å²) >= 11 is 0. The van der Waals surface area contributed by atoms with E-state index in [1.54, 1.807) is 10.8 Å². The lowest BCUT2D eigenvalue weighted by molar-refractivity contribution is -0.0429. The van der Waals surface area contributed by atoms with E-state index in [1.807, 2.05) is 6.92 Å². The summed E-state index contributed by atoms with van der Waals surface area (Å²) in [6.45, 7) is 4.87. The van der Waals surface area contributed by atoms with Crippen LogP contribution in [0.15, 0.2) is 18.2 Å². The highest BCUT2D eigenvalue weighted by Crippen LogP contribution is 2.34. The number of rotatable bonds is 4. The van der Waals surface area contributed by atoms with E-state index in [2.05, 4.69) is 11.8 Å². The lowest BCUT2D eigenvalue weighted by Crippen LogP contribution is -2.38. The summed E-state index contributed by atoms with van der Waals surface area (Å²) in [6.07, 6.45) is 2.71. The molecule has 2 rings (SSSR count). The predicted molar refractivity (Wildman–Crippen MR) is 80.5 cm³/mol. The molecule has 8 heteroatoms. The number of nitrogens with zero attached hydrogens (tertiary/aromatic N) is 1. The minimum atomic E-state index is -5.39. The SMILES string of the molecule is CCCN1c2cc(NS(=O)(=O)C(F)(F)F)ccc2CCC1C. The zero-order valence-corrected chi connectivity index (χ0v) is 13.3. The van der Waals surface area contributed by atoms with Crippen LogP contribution in [0.2, 0.25) is 0 Å². The molecule has 22 heavy (non-hydrogen) atoms. The molecular weight excluding hydrogens is 317 g/mol. The molecule has 0 spiro atoms. The predicted octanol–water partition coefficient (Wildman–Crippen LogP) is 3.50. The van der Waals surface area contributed by atoms with Gasteiger partial charge >= 0.3 is 15.5 Å². The maximum absolute atomic E-state index is 12.5. The monoisotopic (exact) mass is 336 g/mol. The van der Waals surface area contributed by atoms with Crippen LogP contribution in [0.1, 0.15) is 32.3 Å². The maximum Gasteiger partial charge on any atom is 0.516 e. The number of hydrogen-bond acceptors (Lipinski definition) is 3. The second-order valence-electron chi connectivity index (χ2n) is 5.48. The zero-order chi connectivity index (χ0) is 16.5. The van der Waals surface area contributed by atoms with Crippen LogP contribution >= 0.6 is 0 Å². The van der Waals surface area contributed by atoms with Crippen molar-refractivity contribution < 1.29 is 21.6 Å². The molecule has 1 N–H and O–H groups in total. The summed E-state index contributed by atoms with van der Waals surface area (Å²) in [5.41, 5.74) is -3.55. The average molecular weight is 336 g/mol. The van der Waals surface area contributed by atoms with Crippen LogP contribution in [-0.2, 0) is 16.4 Å². The Bertz CT molecular complexity index is 644.